The molecule has 96 valence electrons. The smallest absolute Gasteiger partial charge is 0.281 e. The summed E-state index contributed by atoms with van der Waals surface area (Å²) in [6, 6.07) is 10.1. The Hall–Kier alpha value is -2.28. The summed E-state index contributed by atoms with van der Waals surface area (Å²) in [5.74, 6) is 0.432. The fourth-order valence-corrected chi connectivity index (χ4v) is 2.25. The summed E-state index contributed by atoms with van der Waals surface area (Å²) in [5, 5.41) is 3.09. The van der Waals surface area contributed by atoms with Crippen molar-refractivity contribution < 1.29 is 0 Å². The van der Waals surface area contributed by atoms with Crippen LogP contribution in [0.1, 0.15) is 5.56 Å². The van der Waals surface area contributed by atoms with Gasteiger partial charge in [-0.2, -0.15) is 13.7 Å². The number of hydrogen-bond donors (Lipinski definition) is 2. The van der Waals surface area contributed by atoms with Crippen molar-refractivity contribution in [3.8, 4) is 0 Å². The van der Waals surface area contributed by atoms with E-state index in [0.29, 0.717) is 23.7 Å². The Labute approximate surface area is 112 Å². The second-order valence-corrected chi connectivity index (χ2v) is 4.54. The zero-order valence-electron chi connectivity index (χ0n) is 9.96. The van der Waals surface area contributed by atoms with Gasteiger partial charge in [-0.3, -0.25) is 9.78 Å². The summed E-state index contributed by atoms with van der Waals surface area (Å²) >= 11 is 0.986. The molecule has 0 atom stereocenters. The van der Waals surface area contributed by atoms with Crippen LogP contribution in [0.2, 0.25) is 0 Å². The van der Waals surface area contributed by atoms with Gasteiger partial charge < -0.3 is 5.32 Å². The minimum atomic E-state index is -0.263. The number of aromatic nitrogens is 4. The maximum atomic E-state index is 11.7. The van der Waals surface area contributed by atoms with Crippen molar-refractivity contribution in [2.45, 2.75) is 6.42 Å². The number of nitrogens with zero attached hydrogens (tertiary/aromatic N) is 3. The Morgan fingerprint density at radius 3 is 2.89 bits per heavy atom. The molecule has 7 heteroatoms. The second-order valence-electron chi connectivity index (χ2n) is 4.01. The highest BCUT2D eigenvalue weighted by molar-refractivity contribution is 7.00. The van der Waals surface area contributed by atoms with E-state index in [1.807, 2.05) is 18.2 Å². The van der Waals surface area contributed by atoms with Gasteiger partial charge in [0.15, 0.2) is 5.52 Å². The lowest BCUT2D eigenvalue weighted by molar-refractivity contribution is 0.983. The normalized spacial score (nSPS) is 10.7. The number of H-pyrrole nitrogens is 1. The first-order valence-corrected chi connectivity index (χ1v) is 6.56. The van der Waals surface area contributed by atoms with Gasteiger partial charge in [0.05, 0.1) is 11.7 Å². The highest BCUT2D eigenvalue weighted by atomic mass is 32.1. The van der Waals surface area contributed by atoms with E-state index in [9.17, 15) is 4.79 Å². The summed E-state index contributed by atoms with van der Waals surface area (Å²) < 4.78 is 7.85. The molecule has 0 aliphatic heterocycles. The molecule has 0 amide bonds. The monoisotopic (exact) mass is 273 g/mol. The first-order chi connectivity index (χ1) is 9.33. The fraction of sp³-hybridized carbons (Fsp3) is 0.167. The average molecular weight is 273 g/mol. The summed E-state index contributed by atoms with van der Waals surface area (Å²) in [7, 11) is 0. The van der Waals surface area contributed by atoms with Crippen molar-refractivity contribution in [2.75, 3.05) is 11.9 Å². The standard InChI is InChI=1S/C12H11N5OS/c18-11-9-10(17-19-16-9)14-12(15-11)13-7-6-8-4-2-1-3-5-8/h1-5H,6-7H2,(H2,13,14,15,17,18). The third kappa shape index (κ3) is 2.60. The lowest BCUT2D eigenvalue weighted by Gasteiger charge is -2.04. The predicted octanol–water partition coefficient (Wildman–Crippen LogP) is 1.43. The zero-order chi connectivity index (χ0) is 13.1. The van der Waals surface area contributed by atoms with Crippen LogP contribution in [0.5, 0.6) is 0 Å². The predicted molar refractivity (Wildman–Crippen MR) is 74.5 cm³/mol. The molecule has 0 saturated carbocycles. The Balaban J connectivity index is 1.70. The van der Waals surface area contributed by atoms with Crippen molar-refractivity contribution in [3.63, 3.8) is 0 Å². The summed E-state index contributed by atoms with van der Waals surface area (Å²) in [5.41, 5.74) is 1.64. The van der Waals surface area contributed by atoms with Crippen LogP contribution < -0.4 is 10.9 Å². The number of fused-ring (bicyclic) bond motifs is 1. The van der Waals surface area contributed by atoms with Crippen LogP contribution in [-0.4, -0.2) is 25.3 Å². The lowest BCUT2D eigenvalue weighted by Crippen LogP contribution is -2.14. The summed E-state index contributed by atoms with van der Waals surface area (Å²) in [4.78, 5) is 18.5. The van der Waals surface area contributed by atoms with E-state index in [-0.39, 0.29) is 5.56 Å². The largest absolute Gasteiger partial charge is 0.355 e. The van der Waals surface area contributed by atoms with Gasteiger partial charge in [0.1, 0.15) is 0 Å². The van der Waals surface area contributed by atoms with E-state index < -0.39 is 0 Å². The molecular formula is C12H11N5OS. The highest BCUT2D eigenvalue weighted by Crippen LogP contribution is 2.06. The van der Waals surface area contributed by atoms with E-state index >= 15 is 0 Å². The van der Waals surface area contributed by atoms with Crippen molar-refractivity contribution in [2.24, 2.45) is 0 Å². The minimum absolute atomic E-state index is 0.263. The van der Waals surface area contributed by atoms with Crippen LogP contribution in [0.25, 0.3) is 11.2 Å². The SMILES string of the molecule is O=c1[nH]c(NCCc2ccccc2)nc2nsnc12. The molecule has 0 unspecified atom stereocenters. The summed E-state index contributed by atoms with van der Waals surface area (Å²) in [6.07, 6.45) is 0.859. The molecule has 19 heavy (non-hydrogen) atoms. The first kappa shape index (κ1) is 11.8. The quantitative estimate of drug-likeness (QED) is 0.751. The van der Waals surface area contributed by atoms with Gasteiger partial charge in [0.25, 0.3) is 5.56 Å². The molecule has 2 heterocycles. The third-order valence-electron chi connectivity index (χ3n) is 2.68. The molecule has 2 aromatic heterocycles. The molecule has 3 aromatic rings. The maximum Gasteiger partial charge on any atom is 0.281 e. The number of nitrogens with one attached hydrogen (secondary N) is 2. The van der Waals surface area contributed by atoms with Crippen molar-refractivity contribution >= 4 is 28.8 Å². The highest BCUT2D eigenvalue weighted by Gasteiger charge is 2.06. The second kappa shape index (κ2) is 5.15. The molecule has 0 saturated heterocycles. The number of aromatic amines is 1. The van der Waals surface area contributed by atoms with E-state index in [1.165, 1.54) is 5.56 Å². The van der Waals surface area contributed by atoms with Gasteiger partial charge in [-0.15, -0.1) is 0 Å². The van der Waals surface area contributed by atoms with Crippen LogP contribution in [-0.2, 0) is 6.42 Å². The third-order valence-corrected chi connectivity index (χ3v) is 3.20. The molecule has 0 aliphatic carbocycles. The van der Waals surface area contributed by atoms with Gasteiger partial charge in [-0.1, -0.05) is 30.3 Å². The molecule has 0 radical (unpaired) electrons. The minimum Gasteiger partial charge on any atom is -0.355 e. The molecule has 0 bridgehead atoms. The van der Waals surface area contributed by atoms with Gasteiger partial charge >= 0.3 is 0 Å². The van der Waals surface area contributed by atoms with Crippen LogP contribution in [0.15, 0.2) is 35.1 Å². The number of hydrogen-bond acceptors (Lipinski definition) is 6. The van der Waals surface area contributed by atoms with Crippen LogP contribution in [0.3, 0.4) is 0 Å². The Morgan fingerprint density at radius 2 is 2.05 bits per heavy atom. The summed E-state index contributed by atoms with van der Waals surface area (Å²) in [6.45, 7) is 0.691. The van der Waals surface area contributed by atoms with Gasteiger partial charge in [0.2, 0.25) is 11.6 Å². The maximum absolute atomic E-state index is 11.7. The Morgan fingerprint density at radius 1 is 1.21 bits per heavy atom. The van der Waals surface area contributed by atoms with E-state index in [2.05, 4.69) is 36.2 Å². The molecule has 6 nitrogen and oxygen atoms in total. The topological polar surface area (TPSA) is 83.6 Å². The van der Waals surface area contributed by atoms with Crippen molar-refractivity contribution in [3.05, 3.63) is 46.2 Å². The van der Waals surface area contributed by atoms with E-state index in [4.69, 9.17) is 0 Å². The molecular weight excluding hydrogens is 262 g/mol. The lowest BCUT2D eigenvalue weighted by atomic mass is 10.1. The first-order valence-electron chi connectivity index (χ1n) is 5.83. The van der Waals surface area contributed by atoms with Crippen molar-refractivity contribution in [1.29, 1.82) is 0 Å². The van der Waals surface area contributed by atoms with Gasteiger partial charge in [-0.05, 0) is 12.0 Å². The van der Waals surface area contributed by atoms with Crippen LogP contribution in [0.4, 0.5) is 5.95 Å². The molecule has 0 spiro atoms. The van der Waals surface area contributed by atoms with Crippen LogP contribution in [0, 0.1) is 0 Å². The molecule has 3 rings (SSSR count). The molecule has 1 aromatic carbocycles. The van der Waals surface area contributed by atoms with Crippen molar-refractivity contribution in [1.82, 2.24) is 18.7 Å². The number of rotatable bonds is 4. The Bertz CT molecular complexity index is 736. The zero-order valence-corrected chi connectivity index (χ0v) is 10.8. The number of anilines is 1. The fourth-order valence-electron chi connectivity index (χ4n) is 1.75. The molecule has 0 fully saturated rings. The Kier molecular flexibility index (Phi) is 3.20. The molecule has 0 aliphatic rings. The molecule has 2 N–H and O–H groups in total. The van der Waals surface area contributed by atoms with E-state index in [1.54, 1.807) is 0 Å². The van der Waals surface area contributed by atoms with Gasteiger partial charge in [0, 0.05) is 6.54 Å². The van der Waals surface area contributed by atoms with E-state index in [0.717, 1.165) is 18.1 Å². The number of benzene rings is 1. The average Bonchev–Trinajstić information content (AvgIpc) is 2.89. The van der Waals surface area contributed by atoms with Crippen LogP contribution >= 0.6 is 11.7 Å². The van der Waals surface area contributed by atoms with Gasteiger partial charge in [-0.25, -0.2) is 0 Å².